The fourth-order valence-corrected chi connectivity index (χ4v) is 4.98. The molecule has 9 nitrogen and oxygen atoms in total. The molecule has 4 amide bonds. The van der Waals surface area contributed by atoms with Crippen LogP contribution >= 0.6 is 0 Å². The lowest BCUT2D eigenvalue weighted by molar-refractivity contribution is 0.0792. The Morgan fingerprint density at radius 3 is 2.05 bits per heavy atom. The lowest BCUT2D eigenvalue weighted by atomic mass is 10.1. The van der Waals surface area contributed by atoms with Crippen LogP contribution in [-0.4, -0.2) is 74.0 Å². The Morgan fingerprint density at radius 1 is 0.750 bits per heavy atom. The first-order valence-electron chi connectivity index (χ1n) is 13.4. The van der Waals surface area contributed by atoms with Gasteiger partial charge in [-0.3, -0.25) is 9.59 Å². The van der Waals surface area contributed by atoms with Gasteiger partial charge in [-0.1, -0.05) is 0 Å². The van der Waals surface area contributed by atoms with Crippen LogP contribution in [-0.2, 0) is 0 Å². The zero-order valence-electron chi connectivity index (χ0n) is 22.4. The van der Waals surface area contributed by atoms with E-state index in [0.29, 0.717) is 67.5 Å². The number of hydrogen-bond donors (Lipinski definition) is 2. The number of hydrogen-bond acceptors (Lipinski definition) is 5. The maximum atomic E-state index is 13.5. The zero-order valence-corrected chi connectivity index (χ0v) is 22.4. The summed E-state index contributed by atoms with van der Waals surface area (Å²) in [5.74, 6) is -0.168. The highest BCUT2D eigenvalue weighted by atomic mass is 19.1. The molecule has 0 aliphatic carbocycles. The van der Waals surface area contributed by atoms with Crippen molar-refractivity contribution in [2.45, 2.75) is 12.8 Å². The molecule has 0 saturated carbocycles. The van der Waals surface area contributed by atoms with Gasteiger partial charge in [0.2, 0.25) is 0 Å². The summed E-state index contributed by atoms with van der Waals surface area (Å²) in [5, 5.41) is 5.74. The summed E-state index contributed by atoms with van der Waals surface area (Å²) in [7, 11) is 1.59. The number of ether oxygens (including phenoxy) is 1. The Morgan fingerprint density at radius 2 is 1.40 bits per heavy atom. The normalized spacial score (nSPS) is 15.1. The molecule has 10 heteroatoms. The number of piperazine rings is 1. The van der Waals surface area contributed by atoms with Gasteiger partial charge in [0, 0.05) is 61.9 Å². The quantitative estimate of drug-likeness (QED) is 0.469. The van der Waals surface area contributed by atoms with Crippen LogP contribution < -0.4 is 20.3 Å². The summed E-state index contributed by atoms with van der Waals surface area (Å²) in [6, 6.07) is 17.6. The van der Waals surface area contributed by atoms with Crippen molar-refractivity contribution in [3.8, 4) is 5.75 Å². The Hall–Kier alpha value is -4.60. The van der Waals surface area contributed by atoms with E-state index in [1.54, 1.807) is 48.4 Å². The number of nitrogens with one attached hydrogen (secondary N) is 2. The highest BCUT2D eigenvalue weighted by molar-refractivity contribution is 6.06. The number of carbonyl (C=O) groups is 3. The molecule has 0 aromatic heterocycles. The molecular formula is C30H32FN5O4. The second-order valence-electron chi connectivity index (χ2n) is 9.83. The van der Waals surface area contributed by atoms with E-state index in [1.807, 2.05) is 11.0 Å². The van der Waals surface area contributed by atoms with Crippen LogP contribution in [0.15, 0.2) is 66.7 Å². The number of likely N-dealkylation sites (tertiary alicyclic amines) is 1. The summed E-state index contributed by atoms with van der Waals surface area (Å²) in [6.45, 7) is 3.48. The summed E-state index contributed by atoms with van der Waals surface area (Å²) in [6.07, 6.45) is 1.92. The largest absolute Gasteiger partial charge is 0.497 e. The smallest absolute Gasteiger partial charge is 0.321 e. The molecule has 40 heavy (non-hydrogen) atoms. The summed E-state index contributed by atoms with van der Waals surface area (Å²) in [5.41, 5.74) is 2.77. The van der Waals surface area contributed by atoms with Gasteiger partial charge in [0.15, 0.2) is 0 Å². The molecular weight excluding hydrogens is 513 g/mol. The maximum absolute atomic E-state index is 13.5. The Labute approximate surface area is 232 Å². The first-order chi connectivity index (χ1) is 19.4. The van der Waals surface area contributed by atoms with Gasteiger partial charge in [-0.25, -0.2) is 9.18 Å². The number of amides is 4. The number of anilines is 3. The molecule has 2 aliphatic rings. The van der Waals surface area contributed by atoms with Crippen LogP contribution in [0.4, 0.5) is 26.2 Å². The van der Waals surface area contributed by atoms with Crippen LogP contribution in [0, 0.1) is 5.82 Å². The van der Waals surface area contributed by atoms with Crippen molar-refractivity contribution in [1.82, 2.24) is 9.80 Å². The Balaban J connectivity index is 1.29. The van der Waals surface area contributed by atoms with Gasteiger partial charge in [-0.2, -0.15) is 0 Å². The van der Waals surface area contributed by atoms with E-state index in [4.69, 9.17) is 4.74 Å². The van der Waals surface area contributed by atoms with Crippen molar-refractivity contribution in [2.75, 3.05) is 61.9 Å². The first-order valence-corrected chi connectivity index (χ1v) is 13.4. The highest BCUT2D eigenvalue weighted by Gasteiger charge is 2.28. The highest BCUT2D eigenvalue weighted by Crippen LogP contribution is 2.29. The molecule has 0 unspecified atom stereocenters. The third-order valence-corrected chi connectivity index (χ3v) is 7.23. The summed E-state index contributed by atoms with van der Waals surface area (Å²) < 4.78 is 18.4. The summed E-state index contributed by atoms with van der Waals surface area (Å²) >= 11 is 0. The number of nitrogens with zero attached hydrogens (tertiary/aromatic N) is 3. The van der Waals surface area contributed by atoms with E-state index >= 15 is 0 Å². The monoisotopic (exact) mass is 545 g/mol. The first kappa shape index (κ1) is 27.0. The fourth-order valence-electron chi connectivity index (χ4n) is 4.98. The van der Waals surface area contributed by atoms with Gasteiger partial charge in [0.1, 0.15) is 11.6 Å². The standard InChI is InChI=1S/C30H32FN5O4/c1-40-25-11-8-23(9-12-25)33-30(39)36-18-16-34(17-19-36)27-13-10-24(20-26(27)29(38)35-14-2-3-15-35)32-28(37)21-4-6-22(31)7-5-21/h4-13,20H,2-3,14-19H2,1H3,(H,32,37)(H,33,39). The average Bonchev–Trinajstić information content (AvgIpc) is 3.53. The molecule has 3 aromatic carbocycles. The van der Waals surface area contributed by atoms with E-state index < -0.39 is 5.82 Å². The van der Waals surface area contributed by atoms with Crippen LogP contribution in [0.3, 0.4) is 0 Å². The molecule has 0 bridgehead atoms. The molecule has 2 fully saturated rings. The van der Waals surface area contributed by atoms with E-state index in [9.17, 15) is 18.8 Å². The number of benzene rings is 3. The molecule has 5 rings (SSSR count). The van der Waals surface area contributed by atoms with Crippen LogP contribution in [0.5, 0.6) is 5.75 Å². The minimum Gasteiger partial charge on any atom is -0.497 e. The molecule has 0 atom stereocenters. The number of methoxy groups -OCH3 is 1. The number of rotatable bonds is 6. The molecule has 2 aliphatic heterocycles. The average molecular weight is 546 g/mol. The minimum absolute atomic E-state index is 0.0786. The third-order valence-electron chi connectivity index (χ3n) is 7.23. The van der Waals surface area contributed by atoms with Crippen LogP contribution in [0.25, 0.3) is 0 Å². The van der Waals surface area contributed by atoms with Crippen LogP contribution in [0.2, 0.25) is 0 Å². The van der Waals surface area contributed by atoms with Gasteiger partial charge in [-0.05, 0) is 79.6 Å². The van der Waals surface area contributed by atoms with Crippen molar-refractivity contribution >= 4 is 34.9 Å². The van der Waals surface area contributed by atoms with E-state index in [1.165, 1.54) is 24.3 Å². The predicted octanol–water partition coefficient (Wildman–Crippen LogP) is 4.68. The van der Waals surface area contributed by atoms with E-state index in [2.05, 4.69) is 15.5 Å². The van der Waals surface area contributed by atoms with Gasteiger partial charge in [-0.15, -0.1) is 0 Å². The number of halogens is 1. The summed E-state index contributed by atoms with van der Waals surface area (Å²) in [4.78, 5) is 44.8. The Kier molecular flexibility index (Phi) is 8.14. The minimum atomic E-state index is -0.419. The van der Waals surface area contributed by atoms with Crippen molar-refractivity contribution in [2.24, 2.45) is 0 Å². The SMILES string of the molecule is COc1ccc(NC(=O)N2CCN(c3ccc(NC(=O)c4ccc(F)cc4)cc3C(=O)N3CCCC3)CC2)cc1. The molecule has 2 saturated heterocycles. The Bertz CT molecular complexity index is 1370. The van der Waals surface area contributed by atoms with Crippen molar-refractivity contribution in [1.29, 1.82) is 0 Å². The molecule has 3 aromatic rings. The lowest BCUT2D eigenvalue weighted by Crippen LogP contribution is -2.50. The fraction of sp³-hybridized carbons (Fsp3) is 0.300. The number of carbonyl (C=O) groups excluding carboxylic acids is 3. The predicted molar refractivity (Wildman–Crippen MR) is 152 cm³/mol. The second-order valence-corrected chi connectivity index (χ2v) is 9.83. The van der Waals surface area contributed by atoms with E-state index in [-0.39, 0.29) is 17.8 Å². The van der Waals surface area contributed by atoms with Gasteiger partial charge >= 0.3 is 6.03 Å². The van der Waals surface area contributed by atoms with Gasteiger partial charge < -0.3 is 30.1 Å². The third kappa shape index (κ3) is 6.17. The molecule has 208 valence electrons. The van der Waals surface area contributed by atoms with Gasteiger partial charge in [0.25, 0.3) is 11.8 Å². The second kappa shape index (κ2) is 12.1. The molecule has 0 radical (unpaired) electrons. The number of urea groups is 1. The lowest BCUT2D eigenvalue weighted by Gasteiger charge is -2.37. The van der Waals surface area contributed by atoms with E-state index in [0.717, 1.165) is 18.5 Å². The van der Waals surface area contributed by atoms with Crippen LogP contribution in [0.1, 0.15) is 33.6 Å². The van der Waals surface area contributed by atoms with Crippen molar-refractivity contribution < 1.29 is 23.5 Å². The van der Waals surface area contributed by atoms with Gasteiger partial charge in [0.05, 0.1) is 12.7 Å². The molecule has 0 spiro atoms. The van der Waals surface area contributed by atoms with Crippen molar-refractivity contribution in [3.05, 3.63) is 83.7 Å². The van der Waals surface area contributed by atoms with Crippen molar-refractivity contribution in [3.63, 3.8) is 0 Å². The zero-order chi connectivity index (χ0) is 28.1. The molecule has 2 heterocycles. The topological polar surface area (TPSA) is 94.2 Å². The maximum Gasteiger partial charge on any atom is 0.321 e. The molecule has 2 N–H and O–H groups in total.